The molecule has 1 heterocycles. The SMILES string of the molecule is CC(C)(C)[C@@H]1CCc2c(sc(NC(=O)COc3ccccc3[N+](=O)[O-])c2C#N)C1. The summed E-state index contributed by atoms with van der Waals surface area (Å²) in [6.07, 6.45) is 2.76. The zero-order valence-corrected chi connectivity index (χ0v) is 17.5. The third-order valence-electron chi connectivity index (χ3n) is 5.28. The minimum Gasteiger partial charge on any atom is -0.477 e. The average Bonchev–Trinajstić information content (AvgIpc) is 3.01. The molecule has 29 heavy (non-hydrogen) atoms. The van der Waals surface area contributed by atoms with Crippen LogP contribution in [0.1, 0.15) is 43.2 Å². The Morgan fingerprint density at radius 2 is 2.14 bits per heavy atom. The maximum atomic E-state index is 12.4. The zero-order chi connectivity index (χ0) is 21.2. The highest BCUT2D eigenvalue weighted by atomic mass is 32.1. The molecular formula is C21H23N3O4S. The van der Waals surface area contributed by atoms with E-state index in [-0.39, 0.29) is 23.5 Å². The van der Waals surface area contributed by atoms with Crippen LogP contribution in [-0.2, 0) is 17.6 Å². The molecule has 0 radical (unpaired) electrons. The van der Waals surface area contributed by atoms with E-state index >= 15 is 0 Å². The van der Waals surface area contributed by atoms with Crippen molar-refractivity contribution in [2.45, 2.75) is 40.0 Å². The molecule has 3 rings (SSSR count). The van der Waals surface area contributed by atoms with Crippen molar-refractivity contribution in [2.75, 3.05) is 11.9 Å². The minimum atomic E-state index is -0.556. The summed E-state index contributed by atoms with van der Waals surface area (Å²) in [5, 5.41) is 23.9. The first-order valence-corrected chi connectivity index (χ1v) is 10.2. The van der Waals surface area contributed by atoms with Gasteiger partial charge in [0, 0.05) is 10.9 Å². The molecule has 0 saturated carbocycles. The van der Waals surface area contributed by atoms with Crippen LogP contribution in [0, 0.1) is 32.8 Å². The lowest BCUT2D eigenvalue weighted by atomic mass is 9.72. The van der Waals surface area contributed by atoms with E-state index in [1.54, 1.807) is 6.07 Å². The van der Waals surface area contributed by atoms with Crippen molar-refractivity contribution < 1.29 is 14.5 Å². The number of amides is 1. The van der Waals surface area contributed by atoms with Gasteiger partial charge in [0.15, 0.2) is 12.4 Å². The number of nitro groups is 1. The molecule has 0 saturated heterocycles. The van der Waals surface area contributed by atoms with E-state index in [9.17, 15) is 20.2 Å². The van der Waals surface area contributed by atoms with Gasteiger partial charge in [-0.1, -0.05) is 32.9 Å². The lowest BCUT2D eigenvalue weighted by molar-refractivity contribution is -0.385. The molecule has 0 fully saturated rings. The van der Waals surface area contributed by atoms with Gasteiger partial charge >= 0.3 is 5.69 Å². The van der Waals surface area contributed by atoms with E-state index in [1.165, 1.54) is 29.5 Å². The number of nitrogens with one attached hydrogen (secondary N) is 1. The van der Waals surface area contributed by atoms with Crippen LogP contribution in [0.2, 0.25) is 0 Å². The van der Waals surface area contributed by atoms with E-state index < -0.39 is 10.8 Å². The first kappa shape index (κ1) is 20.8. The zero-order valence-electron chi connectivity index (χ0n) is 16.7. The number of fused-ring (bicyclic) bond motifs is 1. The van der Waals surface area contributed by atoms with E-state index in [1.807, 2.05) is 0 Å². The standard InChI is InChI=1S/C21H23N3O4S/c1-21(2,3)13-8-9-14-15(11-22)20(29-18(14)10-13)23-19(25)12-28-17-7-5-4-6-16(17)24(26)27/h4-7,13H,8-10,12H2,1-3H3,(H,23,25)/t13-/m1/s1. The fourth-order valence-corrected chi connectivity index (χ4v) is 4.86. The Morgan fingerprint density at radius 3 is 2.79 bits per heavy atom. The van der Waals surface area contributed by atoms with Gasteiger partial charge < -0.3 is 10.1 Å². The Balaban J connectivity index is 1.71. The number of nitriles is 1. The Morgan fingerprint density at radius 1 is 1.41 bits per heavy atom. The van der Waals surface area contributed by atoms with Crippen LogP contribution in [0.3, 0.4) is 0 Å². The monoisotopic (exact) mass is 413 g/mol. The Hall–Kier alpha value is -2.92. The second kappa shape index (κ2) is 8.21. The van der Waals surface area contributed by atoms with Crippen molar-refractivity contribution in [3.05, 3.63) is 50.4 Å². The van der Waals surface area contributed by atoms with Gasteiger partial charge in [-0.05, 0) is 42.2 Å². The molecule has 2 aromatic rings. The van der Waals surface area contributed by atoms with Crippen molar-refractivity contribution in [3.8, 4) is 11.8 Å². The number of carbonyl (C=O) groups is 1. The van der Waals surface area contributed by atoms with Crippen LogP contribution in [0.5, 0.6) is 5.75 Å². The second-order valence-corrected chi connectivity index (χ2v) is 9.29. The molecule has 0 bridgehead atoms. The number of nitro benzene ring substituents is 1. The van der Waals surface area contributed by atoms with Gasteiger partial charge in [0.2, 0.25) is 0 Å². The van der Waals surface area contributed by atoms with Gasteiger partial charge in [-0.2, -0.15) is 5.26 Å². The van der Waals surface area contributed by atoms with E-state index in [0.29, 0.717) is 16.5 Å². The number of para-hydroxylation sites is 2. The molecule has 152 valence electrons. The molecule has 1 N–H and O–H groups in total. The summed E-state index contributed by atoms with van der Waals surface area (Å²) >= 11 is 1.45. The van der Waals surface area contributed by atoms with Crippen LogP contribution >= 0.6 is 11.3 Å². The summed E-state index contributed by atoms with van der Waals surface area (Å²) in [7, 11) is 0. The Kier molecular flexibility index (Phi) is 5.89. The molecule has 1 aromatic heterocycles. The highest BCUT2D eigenvalue weighted by Gasteiger charge is 2.32. The van der Waals surface area contributed by atoms with Crippen molar-refractivity contribution >= 4 is 27.9 Å². The predicted molar refractivity (Wildman–Crippen MR) is 111 cm³/mol. The van der Waals surface area contributed by atoms with Crippen molar-refractivity contribution in [3.63, 3.8) is 0 Å². The number of benzene rings is 1. The third-order valence-corrected chi connectivity index (χ3v) is 6.45. The molecule has 0 aliphatic heterocycles. The van der Waals surface area contributed by atoms with Crippen LogP contribution in [-0.4, -0.2) is 17.4 Å². The molecule has 1 amide bonds. The minimum absolute atomic E-state index is 0.0339. The lowest BCUT2D eigenvalue weighted by Crippen LogP contribution is -2.26. The summed E-state index contributed by atoms with van der Waals surface area (Å²) in [5.74, 6) is 0.114. The Bertz CT molecular complexity index is 985. The number of nitrogens with zero attached hydrogens (tertiary/aromatic N) is 2. The molecule has 1 aromatic carbocycles. The quantitative estimate of drug-likeness (QED) is 0.565. The molecular weight excluding hydrogens is 390 g/mol. The summed E-state index contributed by atoms with van der Waals surface area (Å²) in [5.41, 5.74) is 1.55. The lowest BCUT2D eigenvalue weighted by Gasteiger charge is -2.33. The molecule has 0 spiro atoms. The summed E-state index contributed by atoms with van der Waals surface area (Å²) in [4.78, 5) is 24.0. The molecule has 7 nitrogen and oxygen atoms in total. The number of rotatable bonds is 5. The number of carbonyl (C=O) groups excluding carboxylic acids is 1. The molecule has 1 aliphatic rings. The number of hydrogen-bond acceptors (Lipinski definition) is 6. The average molecular weight is 413 g/mol. The molecule has 1 aliphatic carbocycles. The summed E-state index contributed by atoms with van der Waals surface area (Å²) in [6, 6.07) is 8.13. The third kappa shape index (κ3) is 4.57. The summed E-state index contributed by atoms with van der Waals surface area (Å²) in [6.45, 7) is 6.31. The van der Waals surface area contributed by atoms with Crippen LogP contribution in [0.15, 0.2) is 24.3 Å². The van der Waals surface area contributed by atoms with Gasteiger partial charge in [-0.3, -0.25) is 14.9 Å². The van der Waals surface area contributed by atoms with Gasteiger partial charge in [-0.15, -0.1) is 11.3 Å². The largest absolute Gasteiger partial charge is 0.477 e. The van der Waals surface area contributed by atoms with Crippen molar-refractivity contribution in [1.82, 2.24) is 0 Å². The highest BCUT2D eigenvalue weighted by Crippen LogP contribution is 2.44. The Labute approximate surface area is 173 Å². The number of ether oxygens (including phenoxy) is 1. The second-order valence-electron chi connectivity index (χ2n) is 8.19. The van der Waals surface area contributed by atoms with Gasteiger partial charge in [0.05, 0.1) is 10.5 Å². The van der Waals surface area contributed by atoms with E-state index in [2.05, 4.69) is 32.2 Å². The number of anilines is 1. The van der Waals surface area contributed by atoms with Gasteiger partial charge in [0.25, 0.3) is 5.91 Å². The summed E-state index contributed by atoms with van der Waals surface area (Å²) < 4.78 is 5.34. The normalized spacial score (nSPS) is 15.9. The van der Waals surface area contributed by atoms with Gasteiger partial charge in [0.1, 0.15) is 11.1 Å². The maximum absolute atomic E-state index is 12.4. The molecule has 1 atom stereocenters. The highest BCUT2D eigenvalue weighted by molar-refractivity contribution is 7.16. The first-order valence-electron chi connectivity index (χ1n) is 9.41. The van der Waals surface area contributed by atoms with Crippen LogP contribution in [0.25, 0.3) is 0 Å². The maximum Gasteiger partial charge on any atom is 0.310 e. The molecule has 0 unspecified atom stereocenters. The topological polar surface area (TPSA) is 105 Å². The first-order chi connectivity index (χ1) is 13.7. The van der Waals surface area contributed by atoms with Crippen molar-refractivity contribution in [1.29, 1.82) is 5.26 Å². The fraction of sp³-hybridized carbons (Fsp3) is 0.429. The smallest absolute Gasteiger partial charge is 0.310 e. The fourth-order valence-electron chi connectivity index (χ4n) is 3.57. The van der Waals surface area contributed by atoms with Gasteiger partial charge in [-0.25, -0.2) is 0 Å². The predicted octanol–water partition coefficient (Wildman–Crippen LogP) is 4.70. The van der Waals surface area contributed by atoms with Crippen LogP contribution in [0.4, 0.5) is 10.7 Å². The van der Waals surface area contributed by atoms with E-state index in [0.717, 1.165) is 29.7 Å². The van der Waals surface area contributed by atoms with E-state index in [4.69, 9.17) is 4.74 Å². The van der Waals surface area contributed by atoms with Crippen molar-refractivity contribution in [2.24, 2.45) is 11.3 Å². The number of hydrogen-bond donors (Lipinski definition) is 1. The van der Waals surface area contributed by atoms with Crippen LogP contribution < -0.4 is 10.1 Å². The molecule has 8 heteroatoms. The number of thiophene rings is 1.